The lowest BCUT2D eigenvalue weighted by atomic mass is 10.3. The first-order chi connectivity index (χ1) is 12.6. The summed E-state index contributed by atoms with van der Waals surface area (Å²) in [7, 11) is 1.85. The fraction of sp³-hybridized carbons (Fsp3) is 0.111. The second-order valence-corrected chi connectivity index (χ2v) is 6.25. The third-order valence-electron chi connectivity index (χ3n) is 4.00. The van der Waals surface area contributed by atoms with E-state index >= 15 is 0 Å². The minimum absolute atomic E-state index is 0.228. The Hall–Kier alpha value is -3.19. The summed E-state index contributed by atoms with van der Waals surface area (Å²) in [5.74, 6) is 0.454. The van der Waals surface area contributed by atoms with Crippen LogP contribution in [0, 0.1) is 0 Å². The maximum absolute atomic E-state index is 12.4. The first kappa shape index (κ1) is 16.3. The lowest BCUT2D eigenvalue weighted by Crippen LogP contribution is -2.23. The van der Waals surface area contributed by atoms with Gasteiger partial charge in [0.25, 0.3) is 5.56 Å². The van der Waals surface area contributed by atoms with Crippen LogP contribution in [0.1, 0.15) is 5.56 Å². The van der Waals surface area contributed by atoms with Crippen LogP contribution in [0.15, 0.2) is 59.7 Å². The standard InChI is InChI=1S/C18H15ClN6O/c1-24(11-12-7-8-15(19)20-9-12)18-22-16-14(17(26)23-18)10-21-25(16)13-5-3-2-4-6-13/h2-10H,11H2,1H3,(H,22,23,26). The summed E-state index contributed by atoms with van der Waals surface area (Å²) in [6.45, 7) is 0.526. The van der Waals surface area contributed by atoms with E-state index in [2.05, 4.69) is 20.1 Å². The van der Waals surface area contributed by atoms with Gasteiger partial charge in [-0.2, -0.15) is 10.1 Å². The molecule has 0 unspecified atom stereocenters. The van der Waals surface area contributed by atoms with E-state index in [0.717, 1.165) is 11.3 Å². The van der Waals surface area contributed by atoms with Gasteiger partial charge in [-0.1, -0.05) is 35.9 Å². The lowest BCUT2D eigenvalue weighted by molar-refractivity contribution is 0.849. The molecule has 0 atom stereocenters. The topological polar surface area (TPSA) is 79.7 Å². The van der Waals surface area contributed by atoms with Crippen molar-refractivity contribution < 1.29 is 0 Å². The number of fused-ring (bicyclic) bond motifs is 1. The van der Waals surface area contributed by atoms with E-state index in [1.807, 2.05) is 48.3 Å². The van der Waals surface area contributed by atoms with Gasteiger partial charge < -0.3 is 4.90 Å². The summed E-state index contributed by atoms with van der Waals surface area (Å²) in [6, 6.07) is 13.2. The average Bonchev–Trinajstić information content (AvgIpc) is 3.09. The van der Waals surface area contributed by atoms with Gasteiger partial charge in [0.15, 0.2) is 5.65 Å². The van der Waals surface area contributed by atoms with Crippen LogP contribution in [0.5, 0.6) is 0 Å². The Morgan fingerprint density at radius 1 is 1.15 bits per heavy atom. The predicted octanol–water partition coefficient (Wildman–Crippen LogP) is 2.79. The third-order valence-corrected chi connectivity index (χ3v) is 4.22. The summed E-state index contributed by atoms with van der Waals surface area (Å²) in [5, 5.41) is 5.20. The molecule has 0 aliphatic heterocycles. The number of benzene rings is 1. The highest BCUT2D eigenvalue weighted by atomic mass is 35.5. The van der Waals surface area contributed by atoms with Crippen molar-refractivity contribution >= 4 is 28.6 Å². The molecule has 4 aromatic rings. The number of aromatic amines is 1. The number of rotatable bonds is 4. The van der Waals surface area contributed by atoms with Gasteiger partial charge in [0.2, 0.25) is 5.95 Å². The van der Waals surface area contributed by atoms with Gasteiger partial charge >= 0.3 is 0 Å². The maximum Gasteiger partial charge on any atom is 0.263 e. The van der Waals surface area contributed by atoms with E-state index in [4.69, 9.17) is 11.6 Å². The number of aromatic nitrogens is 5. The summed E-state index contributed by atoms with van der Waals surface area (Å²) < 4.78 is 1.66. The van der Waals surface area contributed by atoms with E-state index in [1.165, 1.54) is 6.20 Å². The first-order valence-electron chi connectivity index (χ1n) is 7.97. The van der Waals surface area contributed by atoms with Gasteiger partial charge in [-0.05, 0) is 23.8 Å². The Bertz CT molecular complexity index is 1100. The fourth-order valence-electron chi connectivity index (χ4n) is 2.69. The molecule has 130 valence electrons. The number of hydrogen-bond donors (Lipinski definition) is 1. The smallest absolute Gasteiger partial charge is 0.263 e. The summed E-state index contributed by atoms with van der Waals surface area (Å²) in [5.41, 5.74) is 2.08. The third kappa shape index (κ3) is 3.04. The van der Waals surface area contributed by atoms with Crippen molar-refractivity contribution in [3.63, 3.8) is 0 Å². The van der Waals surface area contributed by atoms with Gasteiger partial charge in [-0.3, -0.25) is 9.78 Å². The molecule has 26 heavy (non-hydrogen) atoms. The van der Waals surface area contributed by atoms with E-state index in [0.29, 0.717) is 28.7 Å². The lowest BCUT2D eigenvalue weighted by Gasteiger charge is -2.17. The van der Waals surface area contributed by atoms with E-state index in [9.17, 15) is 4.79 Å². The Morgan fingerprint density at radius 2 is 1.96 bits per heavy atom. The number of halogens is 1. The molecule has 0 spiro atoms. The van der Waals surface area contributed by atoms with Crippen molar-refractivity contribution in [1.29, 1.82) is 0 Å². The number of anilines is 1. The summed E-state index contributed by atoms with van der Waals surface area (Å²) in [4.78, 5) is 25.8. The molecule has 1 N–H and O–H groups in total. The highest BCUT2D eigenvalue weighted by Crippen LogP contribution is 2.17. The van der Waals surface area contributed by atoms with Crippen LogP contribution in [0.2, 0.25) is 5.15 Å². The minimum atomic E-state index is -0.228. The van der Waals surface area contributed by atoms with Crippen LogP contribution in [0.3, 0.4) is 0 Å². The Labute approximate surface area is 153 Å². The van der Waals surface area contributed by atoms with Crippen molar-refractivity contribution in [2.24, 2.45) is 0 Å². The van der Waals surface area contributed by atoms with E-state index in [-0.39, 0.29) is 5.56 Å². The molecular weight excluding hydrogens is 352 g/mol. The van der Waals surface area contributed by atoms with Gasteiger partial charge in [0.1, 0.15) is 10.5 Å². The molecule has 3 heterocycles. The van der Waals surface area contributed by atoms with Crippen LogP contribution in [-0.4, -0.2) is 31.8 Å². The summed E-state index contributed by atoms with van der Waals surface area (Å²) >= 11 is 5.82. The Morgan fingerprint density at radius 3 is 2.69 bits per heavy atom. The van der Waals surface area contributed by atoms with Gasteiger partial charge in [-0.25, -0.2) is 9.67 Å². The molecule has 7 nitrogen and oxygen atoms in total. The molecule has 0 bridgehead atoms. The molecule has 0 saturated carbocycles. The van der Waals surface area contributed by atoms with Crippen molar-refractivity contribution in [1.82, 2.24) is 24.7 Å². The quantitative estimate of drug-likeness (QED) is 0.562. The minimum Gasteiger partial charge on any atom is -0.341 e. The number of pyridine rings is 1. The largest absolute Gasteiger partial charge is 0.341 e. The molecule has 0 fully saturated rings. The SMILES string of the molecule is CN(Cc1ccc(Cl)nc1)c1nc2c(cnn2-c2ccccc2)c(=O)[nH]1. The number of para-hydroxylation sites is 1. The fourth-order valence-corrected chi connectivity index (χ4v) is 2.81. The molecule has 3 aromatic heterocycles. The second-order valence-electron chi connectivity index (χ2n) is 5.86. The molecule has 0 amide bonds. The number of nitrogens with zero attached hydrogens (tertiary/aromatic N) is 5. The number of nitrogens with one attached hydrogen (secondary N) is 1. The number of hydrogen-bond acceptors (Lipinski definition) is 5. The molecule has 0 saturated heterocycles. The van der Waals surface area contributed by atoms with Gasteiger partial charge in [0, 0.05) is 19.8 Å². The van der Waals surface area contributed by atoms with Crippen LogP contribution in [0.4, 0.5) is 5.95 Å². The van der Waals surface area contributed by atoms with Crippen LogP contribution < -0.4 is 10.5 Å². The van der Waals surface area contributed by atoms with Crippen LogP contribution in [-0.2, 0) is 6.54 Å². The second kappa shape index (κ2) is 6.61. The predicted molar refractivity (Wildman–Crippen MR) is 101 cm³/mol. The summed E-state index contributed by atoms with van der Waals surface area (Å²) in [6.07, 6.45) is 3.23. The molecule has 8 heteroatoms. The molecule has 0 aliphatic rings. The zero-order valence-corrected chi connectivity index (χ0v) is 14.7. The molecular formula is C18H15ClN6O. The van der Waals surface area contributed by atoms with Crippen LogP contribution >= 0.6 is 11.6 Å². The van der Waals surface area contributed by atoms with Crippen LogP contribution in [0.25, 0.3) is 16.7 Å². The molecule has 0 radical (unpaired) electrons. The highest BCUT2D eigenvalue weighted by Gasteiger charge is 2.14. The zero-order valence-electron chi connectivity index (χ0n) is 13.9. The van der Waals surface area contributed by atoms with Crippen molar-refractivity contribution in [3.05, 3.63) is 75.9 Å². The van der Waals surface area contributed by atoms with Crippen molar-refractivity contribution in [2.45, 2.75) is 6.54 Å². The molecule has 4 rings (SSSR count). The molecule has 1 aromatic carbocycles. The maximum atomic E-state index is 12.4. The first-order valence-corrected chi connectivity index (χ1v) is 8.34. The average molecular weight is 367 g/mol. The normalized spacial score (nSPS) is 11.0. The Balaban J connectivity index is 1.74. The van der Waals surface area contributed by atoms with E-state index in [1.54, 1.807) is 16.9 Å². The van der Waals surface area contributed by atoms with Gasteiger partial charge in [-0.15, -0.1) is 0 Å². The highest BCUT2D eigenvalue weighted by molar-refractivity contribution is 6.29. The van der Waals surface area contributed by atoms with Gasteiger partial charge in [0.05, 0.1) is 11.9 Å². The Kier molecular flexibility index (Phi) is 4.14. The zero-order chi connectivity index (χ0) is 18.1. The monoisotopic (exact) mass is 366 g/mol. The van der Waals surface area contributed by atoms with Crippen molar-refractivity contribution in [3.8, 4) is 5.69 Å². The molecule has 0 aliphatic carbocycles. The van der Waals surface area contributed by atoms with E-state index < -0.39 is 0 Å². The van der Waals surface area contributed by atoms with Crippen molar-refractivity contribution in [2.75, 3.05) is 11.9 Å². The number of H-pyrrole nitrogens is 1.